The molecule has 30 heavy (non-hydrogen) atoms. The molecule has 0 spiro atoms. The summed E-state index contributed by atoms with van der Waals surface area (Å²) < 4.78 is 32.9. The minimum atomic E-state index is -4.28. The number of rotatable bonds is 6. The summed E-state index contributed by atoms with van der Waals surface area (Å²) >= 11 is 18.0. The summed E-state index contributed by atoms with van der Waals surface area (Å²) in [4.78, 5) is 13.2. The molecular formula is C21H16Cl3NO4S. The molecule has 0 saturated heterocycles. The number of carbonyl (C=O) groups excluding carboxylic acids is 1. The molecule has 0 radical (unpaired) electrons. The lowest BCUT2D eigenvalue weighted by molar-refractivity contribution is 0.101. The van der Waals surface area contributed by atoms with E-state index < -0.39 is 15.9 Å². The van der Waals surface area contributed by atoms with E-state index in [0.717, 1.165) is 0 Å². The molecule has 0 fully saturated rings. The first kappa shape index (κ1) is 22.4. The standard InChI is InChI=1S/C21H16Cl3NO4S/c1-2-29-17-8-6-16(7-9-17)25(21(26)19-12-5-15(23)13-20(19)24)30(27,28)18-10-3-14(22)4-11-18/h3-13H,2H2,1H3. The largest absolute Gasteiger partial charge is 0.494 e. The van der Waals surface area contributed by atoms with Crippen LogP contribution in [0, 0.1) is 0 Å². The van der Waals surface area contributed by atoms with Crippen LogP contribution in [0.3, 0.4) is 0 Å². The highest BCUT2D eigenvalue weighted by atomic mass is 35.5. The highest BCUT2D eigenvalue weighted by Crippen LogP contribution is 2.31. The average Bonchev–Trinajstić information content (AvgIpc) is 2.70. The van der Waals surface area contributed by atoms with Crippen LogP contribution < -0.4 is 9.04 Å². The molecule has 0 aliphatic rings. The third-order valence-corrected chi connectivity index (χ3v) is 6.61. The molecular weight excluding hydrogens is 469 g/mol. The molecule has 0 atom stereocenters. The number of amides is 1. The van der Waals surface area contributed by atoms with E-state index in [1.807, 2.05) is 6.92 Å². The summed E-state index contributed by atoms with van der Waals surface area (Å²) in [6.45, 7) is 2.28. The summed E-state index contributed by atoms with van der Waals surface area (Å²) in [6, 6.07) is 15.9. The fourth-order valence-electron chi connectivity index (χ4n) is 2.69. The van der Waals surface area contributed by atoms with Crippen LogP contribution in [0.25, 0.3) is 0 Å². The van der Waals surface area contributed by atoms with Crippen molar-refractivity contribution in [3.05, 3.63) is 87.4 Å². The minimum Gasteiger partial charge on any atom is -0.494 e. The number of nitrogens with zero attached hydrogens (tertiary/aromatic N) is 1. The average molecular weight is 485 g/mol. The van der Waals surface area contributed by atoms with Crippen molar-refractivity contribution < 1.29 is 17.9 Å². The van der Waals surface area contributed by atoms with Crippen molar-refractivity contribution in [3.63, 3.8) is 0 Å². The quantitative estimate of drug-likeness (QED) is 0.425. The van der Waals surface area contributed by atoms with Crippen LogP contribution in [-0.2, 0) is 10.0 Å². The van der Waals surface area contributed by atoms with Crippen LogP contribution in [0.5, 0.6) is 5.75 Å². The molecule has 0 aromatic heterocycles. The molecule has 3 aromatic rings. The second kappa shape index (κ2) is 9.27. The number of hydrogen-bond donors (Lipinski definition) is 0. The Morgan fingerprint density at radius 2 is 1.50 bits per heavy atom. The highest BCUT2D eigenvalue weighted by molar-refractivity contribution is 7.93. The maximum atomic E-state index is 13.4. The molecule has 156 valence electrons. The lowest BCUT2D eigenvalue weighted by Crippen LogP contribution is -2.37. The van der Waals surface area contributed by atoms with Gasteiger partial charge in [-0.25, -0.2) is 8.42 Å². The second-order valence-electron chi connectivity index (χ2n) is 6.08. The maximum absolute atomic E-state index is 13.4. The summed E-state index contributed by atoms with van der Waals surface area (Å²) in [5, 5.41) is 0.730. The van der Waals surface area contributed by atoms with Crippen LogP contribution in [0.2, 0.25) is 15.1 Å². The minimum absolute atomic E-state index is 0.00695. The zero-order chi connectivity index (χ0) is 21.9. The van der Waals surface area contributed by atoms with E-state index >= 15 is 0 Å². The maximum Gasteiger partial charge on any atom is 0.273 e. The third kappa shape index (κ3) is 4.73. The fourth-order valence-corrected chi connectivity index (χ4v) is 4.72. The van der Waals surface area contributed by atoms with Crippen molar-refractivity contribution in [2.24, 2.45) is 0 Å². The van der Waals surface area contributed by atoms with E-state index in [1.165, 1.54) is 54.6 Å². The van der Waals surface area contributed by atoms with E-state index in [0.29, 0.717) is 26.7 Å². The van der Waals surface area contributed by atoms with Gasteiger partial charge in [0.15, 0.2) is 0 Å². The zero-order valence-corrected chi connectivity index (χ0v) is 18.8. The summed E-state index contributed by atoms with van der Waals surface area (Å²) in [7, 11) is -4.28. The smallest absolute Gasteiger partial charge is 0.273 e. The van der Waals surface area contributed by atoms with Crippen molar-refractivity contribution >= 4 is 56.4 Å². The van der Waals surface area contributed by atoms with E-state index in [4.69, 9.17) is 39.5 Å². The van der Waals surface area contributed by atoms with Gasteiger partial charge < -0.3 is 4.74 Å². The first-order valence-electron chi connectivity index (χ1n) is 8.77. The molecule has 0 unspecified atom stereocenters. The Morgan fingerprint density at radius 1 is 0.900 bits per heavy atom. The second-order valence-corrected chi connectivity index (χ2v) is 9.15. The van der Waals surface area contributed by atoms with Crippen LogP contribution in [0.1, 0.15) is 17.3 Å². The predicted octanol–water partition coefficient (Wildman–Crippen LogP) is 6.08. The van der Waals surface area contributed by atoms with Crippen molar-refractivity contribution in [1.29, 1.82) is 0 Å². The molecule has 1 amide bonds. The van der Waals surface area contributed by atoms with Gasteiger partial charge in [0.1, 0.15) is 5.75 Å². The van der Waals surface area contributed by atoms with E-state index in [2.05, 4.69) is 0 Å². The number of ether oxygens (including phenoxy) is 1. The summed E-state index contributed by atoms with van der Waals surface area (Å²) in [6.07, 6.45) is 0. The molecule has 0 bridgehead atoms. The summed E-state index contributed by atoms with van der Waals surface area (Å²) in [5.74, 6) is -0.280. The first-order valence-corrected chi connectivity index (χ1v) is 11.3. The van der Waals surface area contributed by atoms with Gasteiger partial charge in [0.25, 0.3) is 15.9 Å². The van der Waals surface area contributed by atoms with E-state index in [1.54, 1.807) is 12.1 Å². The first-order chi connectivity index (χ1) is 14.2. The van der Waals surface area contributed by atoms with Gasteiger partial charge in [-0.05, 0) is 73.7 Å². The monoisotopic (exact) mass is 483 g/mol. The van der Waals surface area contributed by atoms with Gasteiger partial charge >= 0.3 is 0 Å². The number of halogens is 3. The van der Waals surface area contributed by atoms with Gasteiger partial charge in [0.05, 0.1) is 27.8 Å². The normalized spacial score (nSPS) is 11.2. The topological polar surface area (TPSA) is 63.7 Å². The zero-order valence-electron chi connectivity index (χ0n) is 15.7. The fraction of sp³-hybridized carbons (Fsp3) is 0.0952. The number of sulfonamides is 1. The van der Waals surface area contributed by atoms with Gasteiger partial charge in [-0.2, -0.15) is 4.31 Å². The Balaban J connectivity index is 2.15. The number of benzene rings is 3. The molecule has 0 aliphatic heterocycles. The lowest BCUT2D eigenvalue weighted by atomic mass is 10.2. The van der Waals surface area contributed by atoms with Gasteiger partial charge in [-0.15, -0.1) is 0 Å². The SMILES string of the molecule is CCOc1ccc(N(C(=O)c2ccc(Cl)cc2Cl)S(=O)(=O)c2ccc(Cl)cc2)cc1. The van der Waals surface area contributed by atoms with Gasteiger partial charge in [-0.1, -0.05) is 34.8 Å². The lowest BCUT2D eigenvalue weighted by Gasteiger charge is -2.23. The van der Waals surface area contributed by atoms with Gasteiger partial charge in [-0.3, -0.25) is 4.79 Å². The van der Waals surface area contributed by atoms with Crippen molar-refractivity contribution in [2.45, 2.75) is 11.8 Å². The third-order valence-electron chi connectivity index (χ3n) is 4.08. The Morgan fingerprint density at radius 3 is 2.07 bits per heavy atom. The predicted molar refractivity (Wildman–Crippen MR) is 120 cm³/mol. The van der Waals surface area contributed by atoms with Crippen molar-refractivity contribution in [2.75, 3.05) is 10.9 Å². The van der Waals surface area contributed by atoms with Crippen LogP contribution >= 0.6 is 34.8 Å². The van der Waals surface area contributed by atoms with Crippen molar-refractivity contribution in [1.82, 2.24) is 0 Å². The number of hydrogen-bond acceptors (Lipinski definition) is 4. The number of anilines is 1. The van der Waals surface area contributed by atoms with E-state index in [9.17, 15) is 13.2 Å². The Hall–Kier alpha value is -2.25. The van der Waals surface area contributed by atoms with Crippen molar-refractivity contribution in [3.8, 4) is 5.75 Å². The molecule has 3 aromatic carbocycles. The Labute approximate surface area is 189 Å². The Bertz CT molecular complexity index is 1160. The number of carbonyl (C=O) groups is 1. The summed E-state index contributed by atoms with van der Waals surface area (Å²) in [5.41, 5.74) is 0.122. The van der Waals surface area contributed by atoms with Gasteiger partial charge in [0, 0.05) is 10.0 Å². The molecule has 3 rings (SSSR count). The molecule has 0 N–H and O–H groups in total. The highest BCUT2D eigenvalue weighted by Gasteiger charge is 2.33. The molecule has 9 heteroatoms. The molecule has 5 nitrogen and oxygen atoms in total. The molecule has 0 heterocycles. The van der Waals surface area contributed by atoms with Gasteiger partial charge in [0.2, 0.25) is 0 Å². The molecule has 0 saturated carbocycles. The molecule has 0 aliphatic carbocycles. The van der Waals surface area contributed by atoms with Crippen LogP contribution in [0.4, 0.5) is 5.69 Å². The van der Waals surface area contributed by atoms with Crippen LogP contribution in [-0.4, -0.2) is 20.9 Å². The Kier molecular flexibility index (Phi) is 6.93. The van der Waals surface area contributed by atoms with E-state index in [-0.39, 0.29) is 21.2 Å². The van der Waals surface area contributed by atoms with Crippen LogP contribution in [0.15, 0.2) is 71.6 Å².